The average molecular weight is 384 g/mol. The standard InChI is InChI=1S/C15H17N7O.2ClH/c23-15(12-9-22-7-6-16-5-3-13(22)19-12)18-8-11-10-2-1-4-17-14(10)21-20-11;;/h1-2,4,9,16H,3,5-8H2,(H,18,23)(H,17,20,21);2*1H. The number of H-pyrrole nitrogens is 1. The molecular weight excluding hydrogens is 365 g/mol. The molecule has 0 atom stereocenters. The molecule has 25 heavy (non-hydrogen) atoms. The Kier molecular flexibility index (Phi) is 6.35. The van der Waals surface area contributed by atoms with Gasteiger partial charge in [-0.15, -0.1) is 24.8 Å². The predicted molar refractivity (Wildman–Crippen MR) is 98.4 cm³/mol. The number of carbonyl (C=O) groups excluding carboxylic acids is 1. The number of fused-ring (bicyclic) bond motifs is 2. The third-order valence-corrected chi connectivity index (χ3v) is 3.98. The first-order valence-electron chi connectivity index (χ1n) is 7.64. The van der Waals surface area contributed by atoms with Gasteiger partial charge in [-0.2, -0.15) is 5.10 Å². The van der Waals surface area contributed by atoms with Crippen LogP contribution in [0, 0.1) is 0 Å². The highest BCUT2D eigenvalue weighted by Crippen LogP contribution is 2.13. The minimum Gasteiger partial charge on any atom is -0.345 e. The maximum Gasteiger partial charge on any atom is 0.271 e. The number of hydrogen-bond acceptors (Lipinski definition) is 5. The number of nitrogens with one attached hydrogen (secondary N) is 3. The summed E-state index contributed by atoms with van der Waals surface area (Å²) in [6.07, 6.45) is 4.35. The van der Waals surface area contributed by atoms with Crippen molar-refractivity contribution >= 4 is 41.8 Å². The Hall–Kier alpha value is -2.16. The first-order valence-corrected chi connectivity index (χ1v) is 7.64. The van der Waals surface area contributed by atoms with Crippen molar-refractivity contribution in [1.29, 1.82) is 0 Å². The van der Waals surface area contributed by atoms with E-state index in [1.165, 1.54) is 0 Å². The molecule has 1 aliphatic heterocycles. The highest BCUT2D eigenvalue weighted by atomic mass is 35.5. The third-order valence-electron chi connectivity index (χ3n) is 3.98. The maximum absolute atomic E-state index is 12.3. The van der Waals surface area contributed by atoms with E-state index in [1.807, 2.05) is 22.9 Å². The third kappa shape index (κ3) is 3.92. The van der Waals surface area contributed by atoms with E-state index in [2.05, 4.69) is 30.8 Å². The Balaban J connectivity index is 0.00000113. The van der Waals surface area contributed by atoms with Crippen molar-refractivity contribution < 1.29 is 4.79 Å². The predicted octanol–water partition coefficient (Wildman–Crippen LogP) is 1.07. The van der Waals surface area contributed by atoms with Gasteiger partial charge in [0.2, 0.25) is 0 Å². The van der Waals surface area contributed by atoms with E-state index in [4.69, 9.17) is 0 Å². The minimum absolute atomic E-state index is 0. The van der Waals surface area contributed by atoms with Crippen LogP contribution in [0.5, 0.6) is 0 Å². The number of hydrogen-bond donors (Lipinski definition) is 3. The molecule has 134 valence electrons. The highest BCUT2D eigenvalue weighted by molar-refractivity contribution is 5.92. The first kappa shape index (κ1) is 19.2. The second-order valence-corrected chi connectivity index (χ2v) is 5.50. The van der Waals surface area contributed by atoms with Crippen molar-refractivity contribution in [3.05, 3.63) is 41.7 Å². The summed E-state index contributed by atoms with van der Waals surface area (Å²) in [4.78, 5) is 20.9. The second-order valence-electron chi connectivity index (χ2n) is 5.50. The number of halogens is 2. The zero-order valence-corrected chi connectivity index (χ0v) is 15.0. The molecule has 4 rings (SSSR count). The molecule has 0 unspecified atom stereocenters. The van der Waals surface area contributed by atoms with Gasteiger partial charge in [0.15, 0.2) is 5.65 Å². The van der Waals surface area contributed by atoms with Crippen LogP contribution in [0.4, 0.5) is 0 Å². The van der Waals surface area contributed by atoms with E-state index < -0.39 is 0 Å². The van der Waals surface area contributed by atoms with Gasteiger partial charge in [-0.25, -0.2) is 9.97 Å². The minimum atomic E-state index is -0.176. The van der Waals surface area contributed by atoms with Crippen molar-refractivity contribution in [1.82, 2.24) is 35.4 Å². The lowest BCUT2D eigenvalue weighted by Gasteiger charge is -2.02. The lowest BCUT2D eigenvalue weighted by Crippen LogP contribution is -2.24. The molecule has 0 saturated carbocycles. The molecule has 0 aliphatic carbocycles. The van der Waals surface area contributed by atoms with Crippen molar-refractivity contribution in [2.45, 2.75) is 19.5 Å². The number of rotatable bonds is 3. The average Bonchev–Trinajstić information content (AvgIpc) is 3.11. The monoisotopic (exact) mass is 383 g/mol. The quantitative estimate of drug-likeness (QED) is 0.627. The Labute approximate surface area is 156 Å². The Morgan fingerprint density at radius 1 is 1.32 bits per heavy atom. The molecule has 0 fully saturated rings. The smallest absolute Gasteiger partial charge is 0.271 e. The van der Waals surface area contributed by atoms with Gasteiger partial charge in [0.25, 0.3) is 5.91 Å². The zero-order chi connectivity index (χ0) is 15.6. The molecule has 3 N–H and O–H groups in total. The van der Waals surface area contributed by atoms with Crippen molar-refractivity contribution in [2.75, 3.05) is 13.1 Å². The van der Waals surface area contributed by atoms with E-state index in [1.54, 1.807) is 6.20 Å². The topological polar surface area (TPSA) is 101 Å². The van der Waals surface area contributed by atoms with Crippen molar-refractivity contribution in [3.8, 4) is 0 Å². The molecule has 0 bridgehead atoms. The number of pyridine rings is 1. The van der Waals surface area contributed by atoms with Crippen LogP contribution in [0.3, 0.4) is 0 Å². The van der Waals surface area contributed by atoms with Crippen LogP contribution in [0.15, 0.2) is 24.5 Å². The normalized spacial score (nSPS) is 13.3. The van der Waals surface area contributed by atoms with E-state index >= 15 is 0 Å². The van der Waals surface area contributed by atoms with Gasteiger partial charge in [-0.3, -0.25) is 9.89 Å². The number of aromatic nitrogens is 5. The van der Waals surface area contributed by atoms with Gasteiger partial charge in [0.05, 0.1) is 12.2 Å². The van der Waals surface area contributed by atoms with Gasteiger partial charge in [-0.05, 0) is 12.1 Å². The molecular formula is C15H19Cl2N7O. The molecule has 0 radical (unpaired) electrons. The van der Waals surface area contributed by atoms with Crippen LogP contribution in [0.1, 0.15) is 22.0 Å². The van der Waals surface area contributed by atoms with Gasteiger partial charge in [0, 0.05) is 43.8 Å². The molecule has 4 heterocycles. The summed E-state index contributed by atoms with van der Waals surface area (Å²) in [5.74, 6) is 0.779. The fraction of sp³-hybridized carbons (Fsp3) is 0.333. The summed E-state index contributed by atoms with van der Waals surface area (Å²) < 4.78 is 2.05. The molecule has 3 aromatic heterocycles. The summed E-state index contributed by atoms with van der Waals surface area (Å²) in [6, 6.07) is 3.78. The Morgan fingerprint density at radius 2 is 2.20 bits per heavy atom. The fourth-order valence-corrected chi connectivity index (χ4v) is 2.78. The molecule has 10 heteroatoms. The van der Waals surface area contributed by atoms with Crippen LogP contribution >= 0.6 is 24.8 Å². The summed E-state index contributed by atoms with van der Waals surface area (Å²) >= 11 is 0. The maximum atomic E-state index is 12.3. The number of amides is 1. The molecule has 3 aromatic rings. The van der Waals surface area contributed by atoms with Gasteiger partial charge >= 0.3 is 0 Å². The van der Waals surface area contributed by atoms with Gasteiger partial charge < -0.3 is 15.2 Å². The molecule has 8 nitrogen and oxygen atoms in total. The molecule has 0 spiro atoms. The summed E-state index contributed by atoms with van der Waals surface area (Å²) in [7, 11) is 0. The van der Waals surface area contributed by atoms with Crippen molar-refractivity contribution in [2.24, 2.45) is 0 Å². The number of nitrogens with zero attached hydrogens (tertiary/aromatic N) is 4. The van der Waals surface area contributed by atoms with Crippen LogP contribution in [0.25, 0.3) is 11.0 Å². The number of aromatic amines is 1. The fourth-order valence-electron chi connectivity index (χ4n) is 2.78. The van der Waals surface area contributed by atoms with Gasteiger partial charge in [-0.1, -0.05) is 0 Å². The Bertz CT molecular complexity index is 837. The first-order chi connectivity index (χ1) is 11.3. The summed E-state index contributed by atoms with van der Waals surface area (Å²) in [6.45, 7) is 3.00. The van der Waals surface area contributed by atoms with Gasteiger partial charge in [0.1, 0.15) is 11.5 Å². The molecule has 1 amide bonds. The SMILES string of the molecule is Cl.Cl.O=C(NCc1[nH]nc2ncccc12)c1cn2c(n1)CCNCC2. The number of carbonyl (C=O) groups is 1. The zero-order valence-electron chi connectivity index (χ0n) is 13.4. The van der Waals surface area contributed by atoms with Crippen LogP contribution in [-0.4, -0.2) is 43.7 Å². The van der Waals surface area contributed by atoms with Crippen LogP contribution < -0.4 is 10.6 Å². The summed E-state index contributed by atoms with van der Waals surface area (Å²) in [5, 5.41) is 14.2. The second kappa shape index (κ2) is 8.28. The molecule has 1 aliphatic rings. The molecule has 0 saturated heterocycles. The number of imidazole rings is 1. The lowest BCUT2D eigenvalue weighted by atomic mass is 10.2. The van der Waals surface area contributed by atoms with Crippen LogP contribution in [-0.2, 0) is 19.5 Å². The van der Waals surface area contributed by atoms with Crippen molar-refractivity contribution in [3.63, 3.8) is 0 Å². The van der Waals surface area contributed by atoms with E-state index in [9.17, 15) is 4.79 Å². The van der Waals surface area contributed by atoms with E-state index in [0.717, 1.165) is 43.0 Å². The largest absolute Gasteiger partial charge is 0.345 e. The Morgan fingerprint density at radius 3 is 3.08 bits per heavy atom. The van der Waals surface area contributed by atoms with E-state index in [-0.39, 0.29) is 30.7 Å². The van der Waals surface area contributed by atoms with Crippen LogP contribution in [0.2, 0.25) is 0 Å². The summed E-state index contributed by atoms with van der Waals surface area (Å²) in [5.41, 5.74) is 1.95. The van der Waals surface area contributed by atoms with E-state index in [0.29, 0.717) is 17.9 Å². The molecule has 0 aromatic carbocycles. The highest BCUT2D eigenvalue weighted by Gasteiger charge is 2.16. The lowest BCUT2D eigenvalue weighted by molar-refractivity contribution is 0.0946.